The van der Waals surface area contributed by atoms with Crippen molar-refractivity contribution in [3.05, 3.63) is 76.5 Å². The summed E-state index contributed by atoms with van der Waals surface area (Å²) in [5.74, 6) is 2.45. The predicted octanol–water partition coefficient (Wildman–Crippen LogP) is 4.49. The minimum Gasteiger partial charge on any atom is -0.306 e. The first-order valence-electron chi connectivity index (χ1n) is 8.26. The highest BCUT2D eigenvalue weighted by molar-refractivity contribution is 7.98. The maximum Gasteiger partial charge on any atom is 0.256 e. The van der Waals surface area contributed by atoms with Crippen LogP contribution < -0.4 is 5.32 Å². The number of benzene rings is 2. The summed E-state index contributed by atoms with van der Waals surface area (Å²) in [6, 6.07) is 15.5. The molecule has 0 saturated carbocycles. The van der Waals surface area contributed by atoms with Gasteiger partial charge in [-0.1, -0.05) is 24.3 Å². The normalized spacial score (nSPS) is 12.9. The SMILES string of the molecule is Cc1ccc(-n2nc3c(c2NC(=O)c2ccccc2)CSC3)cc1C. The van der Waals surface area contributed by atoms with Gasteiger partial charge in [-0.3, -0.25) is 4.79 Å². The van der Waals surface area contributed by atoms with E-state index in [0.717, 1.165) is 34.3 Å². The van der Waals surface area contributed by atoms with Crippen LogP contribution in [0.15, 0.2) is 48.5 Å². The molecule has 2 heterocycles. The van der Waals surface area contributed by atoms with Crippen molar-refractivity contribution in [3.8, 4) is 5.69 Å². The van der Waals surface area contributed by atoms with Crippen LogP contribution in [0.1, 0.15) is 32.7 Å². The number of hydrogen-bond donors (Lipinski definition) is 1. The Morgan fingerprint density at radius 1 is 1.08 bits per heavy atom. The molecule has 0 spiro atoms. The van der Waals surface area contributed by atoms with Crippen LogP contribution in [0, 0.1) is 13.8 Å². The van der Waals surface area contributed by atoms with Crippen LogP contribution in [0.4, 0.5) is 5.82 Å². The molecule has 0 fully saturated rings. The van der Waals surface area contributed by atoms with Crippen LogP contribution >= 0.6 is 11.8 Å². The number of hydrogen-bond acceptors (Lipinski definition) is 3. The van der Waals surface area contributed by atoms with E-state index < -0.39 is 0 Å². The quantitative estimate of drug-likeness (QED) is 0.758. The highest BCUT2D eigenvalue weighted by Crippen LogP contribution is 2.36. The first-order chi connectivity index (χ1) is 12.1. The van der Waals surface area contributed by atoms with E-state index in [1.165, 1.54) is 11.1 Å². The molecule has 4 nitrogen and oxygen atoms in total. The number of carbonyl (C=O) groups excluding carboxylic acids is 1. The molecule has 0 unspecified atom stereocenters. The molecule has 126 valence electrons. The number of nitrogens with zero attached hydrogens (tertiary/aromatic N) is 2. The molecule has 0 radical (unpaired) electrons. The summed E-state index contributed by atoms with van der Waals surface area (Å²) in [6.07, 6.45) is 0. The summed E-state index contributed by atoms with van der Waals surface area (Å²) in [5.41, 5.74) is 6.27. The summed E-state index contributed by atoms with van der Waals surface area (Å²) >= 11 is 1.83. The molecule has 1 aliphatic rings. The largest absolute Gasteiger partial charge is 0.306 e. The van der Waals surface area contributed by atoms with E-state index in [1.807, 2.05) is 46.8 Å². The Morgan fingerprint density at radius 3 is 2.64 bits per heavy atom. The third-order valence-electron chi connectivity index (χ3n) is 4.55. The van der Waals surface area contributed by atoms with E-state index in [4.69, 9.17) is 5.10 Å². The van der Waals surface area contributed by atoms with E-state index in [0.29, 0.717) is 5.56 Å². The van der Waals surface area contributed by atoms with Gasteiger partial charge in [0.2, 0.25) is 0 Å². The van der Waals surface area contributed by atoms with E-state index in [-0.39, 0.29) is 5.91 Å². The second kappa shape index (κ2) is 6.41. The van der Waals surface area contributed by atoms with Crippen molar-refractivity contribution < 1.29 is 4.79 Å². The van der Waals surface area contributed by atoms with Crippen LogP contribution in [0.5, 0.6) is 0 Å². The number of rotatable bonds is 3. The van der Waals surface area contributed by atoms with Gasteiger partial charge in [0, 0.05) is 22.6 Å². The third-order valence-corrected chi connectivity index (χ3v) is 5.53. The van der Waals surface area contributed by atoms with Crippen LogP contribution in [-0.4, -0.2) is 15.7 Å². The number of thioether (sulfide) groups is 1. The van der Waals surface area contributed by atoms with Crippen molar-refractivity contribution in [1.82, 2.24) is 9.78 Å². The molecule has 1 amide bonds. The van der Waals surface area contributed by atoms with Gasteiger partial charge in [0.05, 0.1) is 11.4 Å². The predicted molar refractivity (Wildman–Crippen MR) is 102 cm³/mol. The standard InChI is InChI=1S/C20H19N3OS/c1-13-8-9-16(10-14(13)2)23-19(17-11-25-12-18(17)22-23)21-20(24)15-6-4-3-5-7-15/h3-10H,11-12H2,1-2H3,(H,21,24). The van der Waals surface area contributed by atoms with E-state index in [2.05, 4.69) is 37.4 Å². The molecule has 1 N–H and O–H groups in total. The summed E-state index contributed by atoms with van der Waals surface area (Å²) in [5, 5.41) is 7.85. The lowest BCUT2D eigenvalue weighted by Crippen LogP contribution is -2.16. The summed E-state index contributed by atoms with van der Waals surface area (Å²) in [6.45, 7) is 4.19. The zero-order chi connectivity index (χ0) is 17.4. The Hall–Kier alpha value is -2.53. The molecule has 25 heavy (non-hydrogen) atoms. The first-order valence-corrected chi connectivity index (χ1v) is 9.41. The monoisotopic (exact) mass is 349 g/mol. The minimum absolute atomic E-state index is 0.106. The van der Waals surface area contributed by atoms with Crippen molar-refractivity contribution in [3.63, 3.8) is 0 Å². The Morgan fingerprint density at radius 2 is 1.88 bits per heavy atom. The maximum absolute atomic E-state index is 12.7. The minimum atomic E-state index is -0.106. The average molecular weight is 349 g/mol. The molecular formula is C20H19N3OS. The fourth-order valence-corrected chi connectivity index (χ4v) is 3.99. The number of nitrogens with one attached hydrogen (secondary N) is 1. The van der Waals surface area contributed by atoms with Gasteiger partial charge in [-0.15, -0.1) is 0 Å². The number of carbonyl (C=O) groups is 1. The lowest BCUT2D eigenvalue weighted by atomic mass is 10.1. The molecule has 0 bridgehead atoms. The zero-order valence-corrected chi connectivity index (χ0v) is 15.1. The average Bonchev–Trinajstić information content (AvgIpc) is 3.21. The number of anilines is 1. The van der Waals surface area contributed by atoms with Gasteiger partial charge in [0.25, 0.3) is 5.91 Å². The fraction of sp³-hybridized carbons (Fsp3) is 0.200. The molecule has 1 aliphatic heterocycles. The zero-order valence-electron chi connectivity index (χ0n) is 14.2. The second-order valence-electron chi connectivity index (χ2n) is 6.27. The molecule has 0 aliphatic carbocycles. The summed E-state index contributed by atoms with van der Waals surface area (Å²) in [7, 11) is 0. The van der Waals surface area contributed by atoms with Gasteiger partial charge in [-0.25, -0.2) is 4.68 Å². The first kappa shape index (κ1) is 16.0. The van der Waals surface area contributed by atoms with Crippen molar-refractivity contribution in [2.24, 2.45) is 0 Å². The van der Waals surface area contributed by atoms with E-state index >= 15 is 0 Å². The maximum atomic E-state index is 12.7. The summed E-state index contributed by atoms with van der Waals surface area (Å²) < 4.78 is 1.87. The number of aryl methyl sites for hydroxylation is 2. The Balaban J connectivity index is 1.76. The van der Waals surface area contributed by atoms with Gasteiger partial charge in [0.15, 0.2) is 0 Å². The van der Waals surface area contributed by atoms with Gasteiger partial charge in [-0.05, 0) is 49.2 Å². The molecular weight excluding hydrogens is 330 g/mol. The number of amides is 1. The molecule has 1 aromatic heterocycles. The molecule has 2 aromatic carbocycles. The Bertz CT molecular complexity index is 947. The van der Waals surface area contributed by atoms with Gasteiger partial charge in [-0.2, -0.15) is 16.9 Å². The number of aromatic nitrogens is 2. The highest BCUT2D eigenvalue weighted by Gasteiger charge is 2.25. The lowest BCUT2D eigenvalue weighted by Gasteiger charge is -2.12. The molecule has 0 atom stereocenters. The molecule has 3 aromatic rings. The van der Waals surface area contributed by atoms with Crippen LogP contribution in [0.3, 0.4) is 0 Å². The van der Waals surface area contributed by atoms with Gasteiger partial charge < -0.3 is 5.32 Å². The summed E-state index contributed by atoms with van der Waals surface area (Å²) in [4.78, 5) is 12.7. The lowest BCUT2D eigenvalue weighted by molar-refractivity contribution is 0.102. The van der Waals surface area contributed by atoms with Crippen molar-refractivity contribution in [2.75, 3.05) is 5.32 Å². The molecule has 0 saturated heterocycles. The fourth-order valence-electron chi connectivity index (χ4n) is 2.95. The molecule has 5 heteroatoms. The van der Waals surface area contributed by atoms with Crippen LogP contribution in [-0.2, 0) is 11.5 Å². The third kappa shape index (κ3) is 2.96. The van der Waals surface area contributed by atoms with Crippen LogP contribution in [0.2, 0.25) is 0 Å². The number of fused-ring (bicyclic) bond motifs is 1. The van der Waals surface area contributed by atoms with Crippen molar-refractivity contribution >= 4 is 23.5 Å². The highest BCUT2D eigenvalue weighted by atomic mass is 32.2. The van der Waals surface area contributed by atoms with E-state index in [1.54, 1.807) is 0 Å². The second-order valence-corrected chi connectivity index (χ2v) is 7.25. The Kier molecular flexibility index (Phi) is 4.09. The van der Waals surface area contributed by atoms with E-state index in [9.17, 15) is 4.79 Å². The smallest absolute Gasteiger partial charge is 0.256 e. The van der Waals surface area contributed by atoms with Crippen LogP contribution in [0.25, 0.3) is 5.69 Å². The van der Waals surface area contributed by atoms with Crippen molar-refractivity contribution in [2.45, 2.75) is 25.4 Å². The molecule has 4 rings (SSSR count). The topological polar surface area (TPSA) is 46.9 Å². The van der Waals surface area contributed by atoms with Gasteiger partial charge >= 0.3 is 0 Å². The van der Waals surface area contributed by atoms with Gasteiger partial charge in [0.1, 0.15) is 5.82 Å². The Labute approximate surface area is 151 Å². The van der Waals surface area contributed by atoms with Crippen molar-refractivity contribution in [1.29, 1.82) is 0 Å².